The third kappa shape index (κ3) is 3.69. The first-order valence-corrected chi connectivity index (χ1v) is 5.63. The van der Waals surface area contributed by atoms with Gasteiger partial charge < -0.3 is 20.1 Å². The number of benzene rings is 1. The van der Waals surface area contributed by atoms with Crippen LogP contribution in [0.2, 0.25) is 0 Å². The van der Waals surface area contributed by atoms with Gasteiger partial charge in [0.1, 0.15) is 6.61 Å². The molecule has 0 spiro atoms. The second kappa shape index (κ2) is 6.54. The Hall–Kier alpha value is -2.17. The monoisotopic (exact) mass is 252 g/mol. The SMILES string of the molecule is CCCC=CCOC(=O)c1cc(O)c(O)c(O)c1. The summed E-state index contributed by atoms with van der Waals surface area (Å²) in [6, 6.07) is 2.07. The van der Waals surface area contributed by atoms with Gasteiger partial charge in [0.15, 0.2) is 17.2 Å². The van der Waals surface area contributed by atoms with E-state index in [-0.39, 0.29) is 12.2 Å². The van der Waals surface area contributed by atoms with Gasteiger partial charge in [0.05, 0.1) is 5.56 Å². The zero-order valence-corrected chi connectivity index (χ0v) is 10.1. The number of phenols is 3. The zero-order valence-electron chi connectivity index (χ0n) is 10.1. The molecule has 1 aromatic carbocycles. The van der Waals surface area contributed by atoms with Crippen LogP contribution in [0.4, 0.5) is 0 Å². The second-order valence-corrected chi connectivity index (χ2v) is 3.72. The van der Waals surface area contributed by atoms with Crippen molar-refractivity contribution < 1.29 is 24.9 Å². The van der Waals surface area contributed by atoms with Crippen molar-refractivity contribution >= 4 is 5.97 Å². The molecule has 18 heavy (non-hydrogen) atoms. The second-order valence-electron chi connectivity index (χ2n) is 3.72. The van der Waals surface area contributed by atoms with Crippen LogP contribution in [-0.4, -0.2) is 27.9 Å². The maximum Gasteiger partial charge on any atom is 0.338 e. The topological polar surface area (TPSA) is 87.0 Å². The van der Waals surface area contributed by atoms with Crippen LogP contribution < -0.4 is 0 Å². The van der Waals surface area contributed by atoms with Gasteiger partial charge in [0.25, 0.3) is 0 Å². The van der Waals surface area contributed by atoms with Gasteiger partial charge in [0.2, 0.25) is 0 Å². The number of phenolic OH excluding ortho intramolecular Hbond substituents is 3. The van der Waals surface area contributed by atoms with E-state index in [1.807, 2.05) is 13.0 Å². The Labute approximate surface area is 105 Å². The maximum atomic E-state index is 11.5. The first-order valence-electron chi connectivity index (χ1n) is 5.63. The molecule has 0 saturated heterocycles. The lowest BCUT2D eigenvalue weighted by atomic mass is 10.2. The smallest absolute Gasteiger partial charge is 0.338 e. The number of hydrogen-bond acceptors (Lipinski definition) is 5. The van der Waals surface area contributed by atoms with E-state index in [9.17, 15) is 15.0 Å². The minimum atomic E-state index is -0.679. The number of allylic oxidation sites excluding steroid dienone is 1. The number of aromatic hydroxyl groups is 3. The largest absolute Gasteiger partial charge is 0.504 e. The molecular formula is C13H16O5. The highest BCUT2D eigenvalue weighted by atomic mass is 16.5. The highest BCUT2D eigenvalue weighted by Gasteiger charge is 2.13. The summed E-state index contributed by atoms with van der Waals surface area (Å²) in [5.41, 5.74) is -0.0216. The van der Waals surface area contributed by atoms with Crippen molar-refractivity contribution in [3.05, 3.63) is 29.8 Å². The first kappa shape index (κ1) is 13.9. The fourth-order valence-electron chi connectivity index (χ4n) is 1.28. The van der Waals surface area contributed by atoms with Crippen molar-refractivity contribution in [1.29, 1.82) is 0 Å². The van der Waals surface area contributed by atoms with E-state index >= 15 is 0 Å². The van der Waals surface area contributed by atoms with Crippen molar-refractivity contribution in [2.45, 2.75) is 19.8 Å². The van der Waals surface area contributed by atoms with Crippen molar-refractivity contribution in [2.75, 3.05) is 6.61 Å². The van der Waals surface area contributed by atoms with Gasteiger partial charge in [-0.1, -0.05) is 25.5 Å². The van der Waals surface area contributed by atoms with Crippen LogP contribution >= 0.6 is 0 Å². The summed E-state index contributed by atoms with van der Waals surface area (Å²) in [6.45, 7) is 2.17. The van der Waals surface area contributed by atoms with Crippen LogP contribution in [0.25, 0.3) is 0 Å². The molecule has 0 fully saturated rings. The third-order valence-corrected chi connectivity index (χ3v) is 2.24. The third-order valence-electron chi connectivity index (χ3n) is 2.24. The van der Waals surface area contributed by atoms with Crippen LogP contribution in [0.5, 0.6) is 17.2 Å². The summed E-state index contributed by atoms with van der Waals surface area (Å²) in [6.07, 6.45) is 5.56. The van der Waals surface area contributed by atoms with Crippen LogP contribution in [0, 0.1) is 0 Å². The Morgan fingerprint density at radius 3 is 2.39 bits per heavy atom. The number of carbonyl (C=O) groups is 1. The molecule has 5 heteroatoms. The standard InChI is InChI=1S/C13H16O5/c1-2-3-4-5-6-18-13(17)9-7-10(14)12(16)11(15)8-9/h4-5,7-8,14-16H,2-3,6H2,1H3. The minimum Gasteiger partial charge on any atom is -0.504 e. The summed E-state index contributed by atoms with van der Waals surface area (Å²) >= 11 is 0. The van der Waals surface area contributed by atoms with Gasteiger partial charge in [0, 0.05) is 0 Å². The summed E-state index contributed by atoms with van der Waals surface area (Å²) in [5.74, 6) is -2.47. The predicted octanol–water partition coefficient (Wildman–Crippen LogP) is 2.32. The minimum absolute atomic E-state index is 0.0216. The molecule has 1 aromatic rings. The fraction of sp³-hybridized carbons (Fsp3) is 0.308. The fourth-order valence-corrected chi connectivity index (χ4v) is 1.28. The summed E-state index contributed by atoms with van der Waals surface area (Å²) in [5, 5.41) is 27.6. The zero-order chi connectivity index (χ0) is 13.5. The molecule has 0 saturated carbocycles. The molecule has 98 valence electrons. The molecule has 0 aliphatic heterocycles. The van der Waals surface area contributed by atoms with Gasteiger partial charge in [-0.05, 0) is 18.6 Å². The average molecular weight is 252 g/mol. The number of rotatable bonds is 5. The van der Waals surface area contributed by atoms with Gasteiger partial charge >= 0.3 is 5.97 Å². The van der Waals surface area contributed by atoms with E-state index in [0.29, 0.717) is 0 Å². The van der Waals surface area contributed by atoms with E-state index in [2.05, 4.69) is 0 Å². The molecule has 5 nitrogen and oxygen atoms in total. The number of hydrogen-bond donors (Lipinski definition) is 3. The summed E-state index contributed by atoms with van der Waals surface area (Å²) in [4.78, 5) is 11.5. The van der Waals surface area contributed by atoms with E-state index in [4.69, 9.17) is 9.84 Å². The number of ether oxygens (including phenoxy) is 1. The molecule has 0 aliphatic carbocycles. The molecule has 0 amide bonds. The van der Waals surface area contributed by atoms with Gasteiger partial charge in [-0.25, -0.2) is 4.79 Å². The Kier molecular flexibility index (Phi) is 5.05. The normalized spacial score (nSPS) is 10.7. The maximum absolute atomic E-state index is 11.5. The molecule has 0 bridgehead atoms. The highest BCUT2D eigenvalue weighted by Crippen LogP contribution is 2.35. The van der Waals surface area contributed by atoms with Crippen LogP contribution in [-0.2, 0) is 4.74 Å². The number of esters is 1. The van der Waals surface area contributed by atoms with Crippen molar-refractivity contribution in [3.63, 3.8) is 0 Å². The summed E-state index contributed by atoms with van der Waals surface area (Å²) in [7, 11) is 0. The molecule has 0 heterocycles. The van der Waals surface area contributed by atoms with Crippen molar-refractivity contribution in [1.82, 2.24) is 0 Å². The molecule has 1 rings (SSSR count). The first-order chi connectivity index (χ1) is 8.56. The molecule has 3 N–H and O–H groups in total. The van der Waals surface area contributed by atoms with E-state index in [1.165, 1.54) is 0 Å². The van der Waals surface area contributed by atoms with Gasteiger partial charge in [-0.15, -0.1) is 0 Å². The van der Waals surface area contributed by atoms with Crippen molar-refractivity contribution in [3.8, 4) is 17.2 Å². The van der Waals surface area contributed by atoms with Gasteiger partial charge in [-0.3, -0.25) is 0 Å². The van der Waals surface area contributed by atoms with Crippen LogP contribution in [0.15, 0.2) is 24.3 Å². The van der Waals surface area contributed by atoms with Crippen LogP contribution in [0.3, 0.4) is 0 Å². The Morgan fingerprint density at radius 2 is 1.83 bits per heavy atom. The lowest BCUT2D eigenvalue weighted by Crippen LogP contribution is -2.04. The molecule has 0 atom stereocenters. The predicted molar refractivity (Wildman–Crippen MR) is 65.8 cm³/mol. The Morgan fingerprint density at radius 1 is 1.22 bits per heavy atom. The molecule has 0 radical (unpaired) electrons. The average Bonchev–Trinajstić information content (AvgIpc) is 2.34. The molecule has 0 aliphatic rings. The van der Waals surface area contributed by atoms with E-state index in [0.717, 1.165) is 25.0 Å². The summed E-state index contributed by atoms with van der Waals surface area (Å²) < 4.78 is 4.89. The van der Waals surface area contributed by atoms with Crippen LogP contribution in [0.1, 0.15) is 30.1 Å². The molecular weight excluding hydrogens is 236 g/mol. The van der Waals surface area contributed by atoms with Gasteiger partial charge in [-0.2, -0.15) is 0 Å². The van der Waals surface area contributed by atoms with E-state index < -0.39 is 23.2 Å². The quantitative estimate of drug-likeness (QED) is 0.425. The number of unbranched alkanes of at least 4 members (excludes halogenated alkanes) is 1. The lowest BCUT2D eigenvalue weighted by molar-refractivity contribution is 0.0548. The Balaban J connectivity index is 2.62. The van der Waals surface area contributed by atoms with E-state index in [1.54, 1.807) is 6.08 Å². The molecule has 0 unspecified atom stereocenters. The lowest BCUT2D eigenvalue weighted by Gasteiger charge is -2.05. The number of carbonyl (C=O) groups excluding carboxylic acids is 1. The molecule has 0 aromatic heterocycles. The Bertz CT molecular complexity index is 428. The highest BCUT2D eigenvalue weighted by molar-refractivity contribution is 5.91. The van der Waals surface area contributed by atoms with Crippen molar-refractivity contribution in [2.24, 2.45) is 0 Å².